The molecule has 8 nitrogen and oxygen atoms in total. The van der Waals surface area contributed by atoms with Crippen LogP contribution in [0.5, 0.6) is 0 Å². The quantitative estimate of drug-likeness (QED) is 0.330. The van der Waals surface area contributed by atoms with Gasteiger partial charge in [0.15, 0.2) is 5.96 Å². The Morgan fingerprint density at radius 3 is 2.72 bits per heavy atom. The Kier molecular flexibility index (Phi) is 9.83. The van der Waals surface area contributed by atoms with Crippen LogP contribution in [0, 0.1) is 5.92 Å². The lowest BCUT2D eigenvalue weighted by molar-refractivity contribution is -0.135. The van der Waals surface area contributed by atoms with Crippen LogP contribution in [0.2, 0.25) is 0 Å². The Labute approximate surface area is 208 Å². The summed E-state index contributed by atoms with van der Waals surface area (Å²) < 4.78 is 5.47. The van der Waals surface area contributed by atoms with Gasteiger partial charge in [-0.3, -0.25) is 9.79 Å². The maximum absolute atomic E-state index is 12.8. The topological polar surface area (TPSA) is 82.1 Å². The molecule has 0 radical (unpaired) electrons. The minimum atomic E-state index is 0. The Morgan fingerprint density at radius 2 is 1.97 bits per heavy atom. The first-order valence-corrected chi connectivity index (χ1v) is 11.8. The second kappa shape index (κ2) is 12.6. The molecule has 1 aromatic rings. The molecule has 1 amide bonds. The zero-order valence-electron chi connectivity index (χ0n) is 19.1. The zero-order valence-corrected chi connectivity index (χ0v) is 21.4. The van der Waals surface area contributed by atoms with Gasteiger partial charge in [0.05, 0.1) is 13.2 Å². The zero-order chi connectivity index (χ0) is 21.5. The van der Waals surface area contributed by atoms with Crippen molar-refractivity contribution < 1.29 is 9.53 Å². The summed E-state index contributed by atoms with van der Waals surface area (Å²) in [5, 5.41) is 6.95. The number of hydrogen-bond acceptors (Lipinski definition) is 5. The molecule has 9 heteroatoms. The number of ether oxygens (including phenoxy) is 1. The van der Waals surface area contributed by atoms with E-state index in [1.54, 1.807) is 7.05 Å². The number of aliphatic imine (C=N–C) groups is 1. The minimum absolute atomic E-state index is 0. The number of morpholine rings is 1. The molecular weight excluding hydrogens is 519 g/mol. The number of hydrogen-bond donors (Lipinski definition) is 2. The maximum atomic E-state index is 12.8. The van der Waals surface area contributed by atoms with Crippen LogP contribution in [0.4, 0.5) is 5.82 Å². The van der Waals surface area contributed by atoms with Gasteiger partial charge in [0.2, 0.25) is 5.91 Å². The van der Waals surface area contributed by atoms with Gasteiger partial charge in [-0.15, -0.1) is 24.0 Å². The highest BCUT2D eigenvalue weighted by Crippen LogP contribution is 2.26. The van der Waals surface area contributed by atoms with Gasteiger partial charge in [0, 0.05) is 63.5 Å². The highest BCUT2D eigenvalue weighted by atomic mass is 127. The van der Waals surface area contributed by atoms with E-state index in [9.17, 15) is 4.79 Å². The highest BCUT2D eigenvalue weighted by Gasteiger charge is 2.31. The number of likely N-dealkylation sites (tertiary alicyclic amines) is 1. The van der Waals surface area contributed by atoms with Gasteiger partial charge in [0.25, 0.3) is 0 Å². The summed E-state index contributed by atoms with van der Waals surface area (Å²) in [5.74, 6) is 2.39. The second-order valence-corrected chi connectivity index (χ2v) is 8.76. The third-order valence-electron chi connectivity index (χ3n) is 6.64. The summed E-state index contributed by atoms with van der Waals surface area (Å²) in [6.45, 7) is 5.47. The number of pyridine rings is 1. The SMILES string of the molecule is CN=C(NCc1cccnc1N1CCOCC1)NC1CCN(C(=O)C2CCCCC2)C1.I. The van der Waals surface area contributed by atoms with E-state index in [2.05, 4.69) is 36.5 Å². The molecule has 0 spiro atoms. The number of anilines is 1. The fourth-order valence-electron chi connectivity index (χ4n) is 4.88. The van der Waals surface area contributed by atoms with Crippen LogP contribution < -0.4 is 15.5 Å². The van der Waals surface area contributed by atoms with Crippen molar-refractivity contribution in [3.8, 4) is 0 Å². The summed E-state index contributed by atoms with van der Waals surface area (Å²) in [4.78, 5) is 26.2. The number of nitrogens with zero attached hydrogens (tertiary/aromatic N) is 4. The van der Waals surface area contributed by atoms with Crippen LogP contribution >= 0.6 is 24.0 Å². The lowest BCUT2D eigenvalue weighted by atomic mass is 9.88. The van der Waals surface area contributed by atoms with E-state index < -0.39 is 0 Å². The highest BCUT2D eigenvalue weighted by molar-refractivity contribution is 14.0. The molecule has 1 atom stereocenters. The van der Waals surface area contributed by atoms with Gasteiger partial charge in [-0.2, -0.15) is 0 Å². The van der Waals surface area contributed by atoms with Crippen molar-refractivity contribution in [1.82, 2.24) is 20.5 Å². The average molecular weight is 556 g/mol. The van der Waals surface area contributed by atoms with Crippen molar-refractivity contribution in [2.45, 2.75) is 51.1 Å². The van der Waals surface area contributed by atoms with E-state index in [0.717, 1.165) is 76.0 Å². The lowest BCUT2D eigenvalue weighted by Gasteiger charge is -2.29. The number of amides is 1. The third kappa shape index (κ3) is 6.46. The molecular formula is C23H37IN6O2. The molecule has 1 aromatic heterocycles. The molecule has 3 fully saturated rings. The molecule has 2 N–H and O–H groups in total. The van der Waals surface area contributed by atoms with Gasteiger partial charge in [-0.05, 0) is 25.3 Å². The second-order valence-electron chi connectivity index (χ2n) is 8.76. The Bertz CT molecular complexity index is 765. The van der Waals surface area contributed by atoms with Crippen molar-refractivity contribution in [3.05, 3.63) is 23.9 Å². The van der Waals surface area contributed by atoms with Crippen LogP contribution in [0.1, 0.15) is 44.1 Å². The van der Waals surface area contributed by atoms with Crippen molar-refractivity contribution in [2.75, 3.05) is 51.3 Å². The number of rotatable bonds is 5. The molecule has 2 saturated heterocycles. The first-order valence-electron chi connectivity index (χ1n) is 11.8. The molecule has 3 heterocycles. The molecule has 1 unspecified atom stereocenters. The molecule has 2 aliphatic heterocycles. The van der Waals surface area contributed by atoms with Gasteiger partial charge in [-0.25, -0.2) is 4.98 Å². The fraction of sp³-hybridized carbons (Fsp3) is 0.696. The van der Waals surface area contributed by atoms with Crippen LogP contribution in [-0.2, 0) is 16.1 Å². The van der Waals surface area contributed by atoms with Crippen LogP contribution in [0.3, 0.4) is 0 Å². The summed E-state index contributed by atoms with van der Waals surface area (Å²) in [6, 6.07) is 4.33. The minimum Gasteiger partial charge on any atom is -0.378 e. The van der Waals surface area contributed by atoms with Crippen LogP contribution in [0.15, 0.2) is 23.3 Å². The molecule has 178 valence electrons. The average Bonchev–Trinajstić information content (AvgIpc) is 3.31. The van der Waals surface area contributed by atoms with Crippen molar-refractivity contribution in [1.29, 1.82) is 0 Å². The van der Waals surface area contributed by atoms with E-state index in [4.69, 9.17) is 4.74 Å². The molecule has 0 bridgehead atoms. The standard InChI is InChI=1S/C23H36N6O2.HI/c1-24-23(26-16-19-8-5-10-25-21(19)28-12-14-31-15-13-28)27-20-9-11-29(17-20)22(30)18-6-3-2-4-7-18;/h5,8,10,18,20H,2-4,6-7,9,11-17H2,1H3,(H2,24,26,27);1H. The number of nitrogens with one attached hydrogen (secondary N) is 2. The largest absolute Gasteiger partial charge is 0.378 e. The lowest BCUT2D eigenvalue weighted by Crippen LogP contribution is -2.45. The van der Waals surface area contributed by atoms with Gasteiger partial charge < -0.3 is 25.2 Å². The predicted octanol–water partition coefficient (Wildman–Crippen LogP) is 2.38. The monoisotopic (exact) mass is 556 g/mol. The summed E-state index contributed by atoms with van der Waals surface area (Å²) in [7, 11) is 1.79. The van der Waals surface area contributed by atoms with Crippen LogP contribution in [0.25, 0.3) is 0 Å². The number of carbonyl (C=O) groups is 1. The summed E-state index contributed by atoms with van der Waals surface area (Å²) >= 11 is 0. The van der Waals surface area contributed by atoms with E-state index >= 15 is 0 Å². The first kappa shape index (κ1) is 25.0. The van der Waals surface area contributed by atoms with Crippen molar-refractivity contribution in [3.63, 3.8) is 0 Å². The molecule has 0 aromatic carbocycles. The third-order valence-corrected chi connectivity index (χ3v) is 6.64. The van der Waals surface area contributed by atoms with Gasteiger partial charge in [-0.1, -0.05) is 25.3 Å². The fourth-order valence-corrected chi connectivity index (χ4v) is 4.88. The summed E-state index contributed by atoms with van der Waals surface area (Å²) in [5.41, 5.74) is 1.15. The van der Waals surface area contributed by atoms with Gasteiger partial charge >= 0.3 is 0 Å². The Balaban J connectivity index is 0.00000289. The van der Waals surface area contributed by atoms with Crippen molar-refractivity contribution in [2.24, 2.45) is 10.9 Å². The molecule has 32 heavy (non-hydrogen) atoms. The Morgan fingerprint density at radius 1 is 1.19 bits per heavy atom. The molecule has 1 saturated carbocycles. The smallest absolute Gasteiger partial charge is 0.225 e. The van der Waals surface area contributed by atoms with Crippen LogP contribution in [-0.4, -0.2) is 74.2 Å². The normalized spacial score (nSPS) is 22.4. The Hall–Kier alpha value is -1.62. The first-order chi connectivity index (χ1) is 15.2. The molecule has 3 aliphatic rings. The number of carbonyl (C=O) groups excluding carboxylic acids is 1. The van der Waals surface area contributed by atoms with E-state index in [-0.39, 0.29) is 35.9 Å². The van der Waals surface area contributed by atoms with E-state index in [1.165, 1.54) is 19.3 Å². The van der Waals surface area contributed by atoms with Crippen molar-refractivity contribution >= 4 is 41.7 Å². The number of halogens is 1. The number of aromatic nitrogens is 1. The van der Waals surface area contributed by atoms with E-state index in [0.29, 0.717) is 12.5 Å². The maximum Gasteiger partial charge on any atom is 0.225 e. The molecule has 1 aliphatic carbocycles. The van der Waals surface area contributed by atoms with E-state index in [1.807, 2.05) is 12.3 Å². The summed E-state index contributed by atoms with van der Waals surface area (Å²) in [6.07, 6.45) is 8.61. The molecule has 4 rings (SSSR count). The number of guanidine groups is 1. The predicted molar refractivity (Wildman–Crippen MR) is 138 cm³/mol. The van der Waals surface area contributed by atoms with Gasteiger partial charge in [0.1, 0.15) is 5.82 Å².